The van der Waals surface area contributed by atoms with E-state index in [0.717, 1.165) is 0 Å². The predicted molar refractivity (Wildman–Crippen MR) is 92.7 cm³/mol. The van der Waals surface area contributed by atoms with E-state index in [1.165, 1.54) is 6.21 Å². The Morgan fingerprint density at radius 3 is 2.46 bits per heavy atom. The van der Waals surface area contributed by atoms with E-state index in [0.29, 0.717) is 26.9 Å². The van der Waals surface area contributed by atoms with Gasteiger partial charge in [-0.1, -0.05) is 29.3 Å². The Bertz CT molecular complexity index is 777. The predicted octanol–water partition coefficient (Wildman–Crippen LogP) is 2.62. The first-order chi connectivity index (χ1) is 11.5. The van der Waals surface area contributed by atoms with E-state index in [-0.39, 0.29) is 6.61 Å². The van der Waals surface area contributed by atoms with E-state index in [1.54, 1.807) is 42.5 Å². The lowest BCUT2D eigenvalue weighted by atomic mass is 10.2. The fourth-order valence-corrected chi connectivity index (χ4v) is 1.99. The van der Waals surface area contributed by atoms with Gasteiger partial charge in [0.05, 0.1) is 16.3 Å². The first-order valence-electron chi connectivity index (χ1n) is 6.75. The molecule has 0 aromatic heterocycles. The van der Waals surface area contributed by atoms with Crippen LogP contribution in [-0.2, 0) is 4.79 Å². The summed E-state index contributed by atoms with van der Waals surface area (Å²) in [7, 11) is 0. The lowest BCUT2D eigenvalue weighted by Crippen LogP contribution is -2.20. The van der Waals surface area contributed by atoms with Crippen molar-refractivity contribution in [1.82, 2.24) is 5.43 Å². The Kier molecular flexibility index (Phi) is 6.17. The van der Waals surface area contributed by atoms with Gasteiger partial charge in [-0.05, 0) is 42.0 Å². The van der Waals surface area contributed by atoms with Gasteiger partial charge in [-0.3, -0.25) is 9.59 Å². The van der Waals surface area contributed by atoms with Crippen LogP contribution < -0.4 is 15.9 Å². The van der Waals surface area contributed by atoms with Crippen LogP contribution in [0.2, 0.25) is 10.0 Å². The summed E-state index contributed by atoms with van der Waals surface area (Å²) in [5, 5.41) is 4.69. The molecular formula is C16H13Cl2N3O3. The molecule has 0 aliphatic carbocycles. The van der Waals surface area contributed by atoms with Gasteiger partial charge >= 0.3 is 0 Å². The Morgan fingerprint density at radius 2 is 1.83 bits per heavy atom. The summed E-state index contributed by atoms with van der Waals surface area (Å²) < 4.78 is 5.10. The summed E-state index contributed by atoms with van der Waals surface area (Å²) in [5.74, 6) is -0.536. The molecule has 0 heterocycles. The molecule has 2 aromatic carbocycles. The molecular weight excluding hydrogens is 353 g/mol. The number of hydrazone groups is 1. The SMILES string of the molecule is NC(=O)COc1ccc(C(=O)N/N=C\c2ccc(Cl)c(Cl)c2)cc1. The number of nitrogens with one attached hydrogen (secondary N) is 1. The monoisotopic (exact) mass is 365 g/mol. The average Bonchev–Trinajstić information content (AvgIpc) is 2.56. The summed E-state index contributed by atoms with van der Waals surface area (Å²) in [6, 6.07) is 11.2. The molecule has 2 rings (SSSR count). The van der Waals surface area contributed by atoms with Crippen molar-refractivity contribution >= 4 is 41.2 Å². The van der Waals surface area contributed by atoms with Crippen molar-refractivity contribution < 1.29 is 14.3 Å². The first kappa shape index (κ1) is 17.8. The van der Waals surface area contributed by atoms with Crippen LogP contribution in [-0.4, -0.2) is 24.6 Å². The number of primary amides is 1. The fourth-order valence-electron chi connectivity index (χ4n) is 1.68. The van der Waals surface area contributed by atoms with E-state index in [1.807, 2.05) is 0 Å². The van der Waals surface area contributed by atoms with Gasteiger partial charge in [-0.15, -0.1) is 0 Å². The van der Waals surface area contributed by atoms with Crippen LogP contribution in [0, 0.1) is 0 Å². The summed E-state index contributed by atoms with van der Waals surface area (Å²) in [6.07, 6.45) is 1.45. The maximum absolute atomic E-state index is 11.9. The molecule has 0 fully saturated rings. The molecule has 24 heavy (non-hydrogen) atoms. The van der Waals surface area contributed by atoms with Gasteiger partial charge in [0.15, 0.2) is 6.61 Å². The highest BCUT2D eigenvalue weighted by molar-refractivity contribution is 6.42. The molecule has 0 bridgehead atoms. The summed E-state index contributed by atoms with van der Waals surface area (Å²) in [5.41, 5.74) is 8.45. The van der Waals surface area contributed by atoms with E-state index >= 15 is 0 Å². The molecule has 0 saturated heterocycles. The molecule has 6 nitrogen and oxygen atoms in total. The molecule has 8 heteroatoms. The molecule has 0 aliphatic heterocycles. The number of carbonyl (C=O) groups excluding carboxylic acids is 2. The van der Waals surface area contributed by atoms with Gasteiger partial charge in [0.1, 0.15) is 5.75 Å². The lowest BCUT2D eigenvalue weighted by Gasteiger charge is -2.04. The fraction of sp³-hybridized carbons (Fsp3) is 0.0625. The minimum atomic E-state index is -0.576. The third-order valence-electron chi connectivity index (χ3n) is 2.82. The number of benzene rings is 2. The zero-order valence-electron chi connectivity index (χ0n) is 12.3. The second-order valence-electron chi connectivity index (χ2n) is 4.65. The van der Waals surface area contributed by atoms with Gasteiger partial charge in [-0.25, -0.2) is 5.43 Å². The quantitative estimate of drug-likeness (QED) is 0.608. The third-order valence-corrected chi connectivity index (χ3v) is 3.56. The normalized spacial score (nSPS) is 10.6. The van der Waals surface area contributed by atoms with E-state index in [9.17, 15) is 9.59 Å². The zero-order chi connectivity index (χ0) is 17.5. The lowest BCUT2D eigenvalue weighted by molar-refractivity contribution is -0.119. The molecule has 2 amide bonds. The number of ether oxygens (including phenoxy) is 1. The zero-order valence-corrected chi connectivity index (χ0v) is 13.8. The standard InChI is InChI=1S/C16H13Cl2N3O3/c17-13-6-1-10(7-14(13)18)8-20-21-16(23)11-2-4-12(5-3-11)24-9-15(19)22/h1-8H,9H2,(H2,19,22)(H,21,23)/b20-8-. The van der Waals surface area contributed by atoms with Crippen molar-refractivity contribution in [3.8, 4) is 5.75 Å². The van der Waals surface area contributed by atoms with Gasteiger partial charge in [0.25, 0.3) is 11.8 Å². The maximum Gasteiger partial charge on any atom is 0.271 e. The van der Waals surface area contributed by atoms with Gasteiger partial charge < -0.3 is 10.5 Å². The highest BCUT2D eigenvalue weighted by atomic mass is 35.5. The van der Waals surface area contributed by atoms with Crippen molar-refractivity contribution in [3.05, 3.63) is 63.6 Å². The number of nitrogens with zero attached hydrogens (tertiary/aromatic N) is 1. The minimum absolute atomic E-state index is 0.223. The van der Waals surface area contributed by atoms with Gasteiger partial charge in [0, 0.05) is 5.56 Å². The number of carbonyl (C=O) groups is 2. The van der Waals surface area contributed by atoms with Crippen LogP contribution in [0.4, 0.5) is 0 Å². The topological polar surface area (TPSA) is 93.8 Å². The van der Waals surface area contributed by atoms with E-state index in [4.69, 9.17) is 33.7 Å². The van der Waals surface area contributed by atoms with Crippen LogP contribution in [0.3, 0.4) is 0 Å². The maximum atomic E-state index is 11.9. The van der Waals surface area contributed by atoms with Crippen LogP contribution in [0.5, 0.6) is 5.75 Å². The Morgan fingerprint density at radius 1 is 1.12 bits per heavy atom. The number of amides is 2. The second-order valence-corrected chi connectivity index (χ2v) is 5.47. The largest absolute Gasteiger partial charge is 0.484 e. The van der Waals surface area contributed by atoms with Crippen LogP contribution in [0.25, 0.3) is 0 Å². The third kappa shape index (κ3) is 5.26. The Hall–Kier alpha value is -2.57. The van der Waals surface area contributed by atoms with Crippen LogP contribution in [0.15, 0.2) is 47.6 Å². The van der Waals surface area contributed by atoms with Crippen LogP contribution in [0.1, 0.15) is 15.9 Å². The van der Waals surface area contributed by atoms with E-state index in [2.05, 4.69) is 10.5 Å². The van der Waals surface area contributed by atoms with E-state index < -0.39 is 11.8 Å². The summed E-state index contributed by atoms with van der Waals surface area (Å²) in [6.45, 7) is -0.223. The molecule has 0 radical (unpaired) electrons. The summed E-state index contributed by atoms with van der Waals surface area (Å²) in [4.78, 5) is 22.6. The van der Waals surface area contributed by atoms with Crippen molar-refractivity contribution in [2.45, 2.75) is 0 Å². The van der Waals surface area contributed by atoms with Crippen LogP contribution >= 0.6 is 23.2 Å². The molecule has 0 spiro atoms. The molecule has 0 saturated carbocycles. The van der Waals surface area contributed by atoms with Gasteiger partial charge in [-0.2, -0.15) is 5.10 Å². The number of hydrogen-bond acceptors (Lipinski definition) is 4. The van der Waals surface area contributed by atoms with Crippen molar-refractivity contribution in [3.63, 3.8) is 0 Å². The molecule has 124 valence electrons. The molecule has 0 unspecified atom stereocenters. The number of rotatable bonds is 6. The van der Waals surface area contributed by atoms with Crippen molar-refractivity contribution in [2.75, 3.05) is 6.61 Å². The minimum Gasteiger partial charge on any atom is -0.484 e. The molecule has 0 atom stereocenters. The molecule has 0 aliphatic rings. The van der Waals surface area contributed by atoms with Crippen molar-refractivity contribution in [2.24, 2.45) is 10.8 Å². The molecule has 2 aromatic rings. The second kappa shape index (κ2) is 8.33. The molecule has 3 N–H and O–H groups in total. The Balaban J connectivity index is 1.93. The highest BCUT2D eigenvalue weighted by Gasteiger charge is 2.05. The summed E-state index contributed by atoms with van der Waals surface area (Å²) >= 11 is 11.7. The number of hydrogen-bond donors (Lipinski definition) is 2. The van der Waals surface area contributed by atoms with Gasteiger partial charge in [0.2, 0.25) is 0 Å². The van der Waals surface area contributed by atoms with Crippen molar-refractivity contribution in [1.29, 1.82) is 0 Å². The average molecular weight is 366 g/mol. The highest BCUT2D eigenvalue weighted by Crippen LogP contribution is 2.21. The Labute approximate surface area is 148 Å². The number of halogens is 2. The first-order valence-corrected chi connectivity index (χ1v) is 7.51. The smallest absolute Gasteiger partial charge is 0.271 e. The number of nitrogens with two attached hydrogens (primary N) is 1.